The monoisotopic (exact) mass is 288 g/mol. The molecule has 104 valence electrons. The predicted octanol–water partition coefficient (Wildman–Crippen LogP) is 3.79. The third kappa shape index (κ3) is 2.96. The van der Waals surface area contributed by atoms with Gasteiger partial charge in [-0.05, 0) is 42.3 Å². The van der Waals surface area contributed by atoms with E-state index in [4.69, 9.17) is 18.0 Å². The van der Waals surface area contributed by atoms with E-state index in [0.717, 1.165) is 12.1 Å². The fourth-order valence-corrected chi connectivity index (χ4v) is 2.15. The summed E-state index contributed by atoms with van der Waals surface area (Å²) in [6, 6.07) is 12.9. The van der Waals surface area contributed by atoms with Crippen molar-refractivity contribution in [1.29, 1.82) is 0 Å². The number of nitrogens with zero attached hydrogens (tertiary/aromatic N) is 1. The maximum Gasteiger partial charge on any atom is 0.147 e. The third-order valence-electron chi connectivity index (χ3n) is 3.33. The molecule has 2 aromatic rings. The number of hydrogen-bond acceptors (Lipinski definition) is 2. The zero-order valence-electron chi connectivity index (χ0n) is 11.6. The van der Waals surface area contributed by atoms with E-state index in [1.54, 1.807) is 17.0 Å². The number of benzene rings is 2. The molecule has 0 atom stereocenters. The first-order valence-electron chi connectivity index (χ1n) is 6.45. The Labute approximate surface area is 124 Å². The summed E-state index contributed by atoms with van der Waals surface area (Å²) in [7, 11) is 1.83. The first kappa shape index (κ1) is 14.5. The fraction of sp³-hybridized carbons (Fsp3) is 0.188. The Morgan fingerprint density at radius 2 is 1.85 bits per heavy atom. The minimum Gasteiger partial charge on any atom is -0.389 e. The van der Waals surface area contributed by atoms with Gasteiger partial charge >= 0.3 is 0 Å². The smallest absolute Gasteiger partial charge is 0.147 e. The van der Waals surface area contributed by atoms with Gasteiger partial charge in [0.1, 0.15) is 10.8 Å². The van der Waals surface area contributed by atoms with Gasteiger partial charge in [0.15, 0.2) is 0 Å². The Morgan fingerprint density at radius 3 is 2.35 bits per heavy atom. The van der Waals surface area contributed by atoms with Crippen LogP contribution < -0.4 is 10.6 Å². The fourth-order valence-electron chi connectivity index (χ4n) is 2.03. The zero-order valence-corrected chi connectivity index (χ0v) is 12.4. The topological polar surface area (TPSA) is 29.3 Å². The predicted molar refractivity (Wildman–Crippen MR) is 86.2 cm³/mol. The van der Waals surface area contributed by atoms with Gasteiger partial charge in [-0.3, -0.25) is 0 Å². The number of hydrogen-bond donors (Lipinski definition) is 1. The van der Waals surface area contributed by atoms with Gasteiger partial charge in [0.05, 0.1) is 5.69 Å². The molecule has 2 rings (SSSR count). The van der Waals surface area contributed by atoms with Gasteiger partial charge in [0, 0.05) is 18.3 Å². The molecule has 2 aromatic carbocycles. The van der Waals surface area contributed by atoms with Crippen molar-refractivity contribution in [3.63, 3.8) is 0 Å². The Kier molecular flexibility index (Phi) is 4.35. The summed E-state index contributed by atoms with van der Waals surface area (Å²) in [5.74, 6) is -0.336. The summed E-state index contributed by atoms with van der Waals surface area (Å²) in [6.07, 6.45) is 0.987. The Morgan fingerprint density at radius 1 is 1.20 bits per heavy atom. The minimum absolute atomic E-state index is 0.199. The second kappa shape index (κ2) is 6.01. The van der Waals surface area contributed by atoms with Crippen LogP contribution in [0, 0.1) is 5.82 Å². The van der Waals surface area contributed by atoms with E-state index < -0.39 is 0 Å². The average molecular weight is 288 g/mol. The number of thiocarbonyl (C=S) groups is 1. The van der Waals surface area contributed by atoms with Gasteiger partial charge in [-0.1, -0.05) is 31.3 Å². The van der Waals surface area contributed by atoms with E-state index in [0.29, 0.717) is 11.3 Å². The lowest BCUT2D eigenvalue weighted by atomic mass is 10.1. The van der Waals surface area contributed by atoms with E-state index in [1.165, 1.54) is 11.6 Å². The molecule has 0 aliphatic rings. The molecule has 0 saturated carbocycles. The second-order valence-corrected chi connectivity index (χ2v) is 5.05. The summed E-state index contributed by atoms with van der Waals surface area (Å²) in [5.41, 5.74) is 8.73. The highest BCUT2D eigenvalue weighted by Crippen LogP contribution is 2.27. The first-order chi connectivity index (χ1) is 9.52. The van der Waals surface area contributed by atoms with Crippen LogP contribution in [0.25, 0.3) is 0 Å². The largest absolute Gasteiger partial charge is 0.389 e. The van der Waals surface area contributed by atoms with Gasteiger partial charge in [0.25, 0.3) is 0 Å². The van der Waals surface area contributed by atoms with Crippen LogP contribution >= 0.6 is 12.2 Å². The molecule has 2 N–H and O–H groups in total. The lowest BCUT2D eigenvalue weighted by Crippen LogP contribution is -2.14. The van der Waals surface area contributed by atoms with E-state index in [1.807, 2.05) is 31.3 Å². The average Bonchev–Trinajstić information content (AvgIpc) is 2.46. The molecule has 20 heavy (non-hydrogen) atoms. The summed E-state index contributed by atoms with van der Waals surface area (Å²) >= 11 is 4.85. The molecule has 0 amide bonds. The zero-order chi connectivity index (χ0) is 14.7. The first-order valence-corrected chi connectivity index (χ1v) is 6.85. The number of rotatable bonds is 4. The van der Waals surface area contributed by atoms with E-state index in [2.05, 4.69) is 6.92 Å². The van der Waals surface area contributed by atoms with Crippen molar-refractivity contribution in [3.05, 3.63) is 59.4 Å². The molecule has 0 unspecified atom stereocenters. The summed E-state index contributed by atoms with van der Waals surface area (Å²) in [4.78, 5) is 2.00. The summed E-state index contributed by atoms with van der Waals surface area (Å²) < 4.78 is 14.1. The van der Waals surface area contributed by atoms with Crippen molar-refractivity contribution in [2.75, 3.05) is 11.9 Å². The number of aryl methyl sites for hydroxylation is 1. The highest BCUT2D eigenvalue weighted by molar-refractivity contribution is 7.80. The Bertz CT molecular complexity index is 623. The van der Waals surface area contributed by atoms with E-state index in [-0.39, 0.29) is 10.8 Å². The minimum atomic E-state index is -0.336. The van der Waals surface area contributed by atoms with Crippen molar-refractivity contribution in [2.45, 2.75) is 13.3 Å². The molecule has 0 bridgehead atoms. The molecule has 0 heterocycles. The van der Waals surface area contributed by atoms with Crippen LogP contribution in [0.15, 0.2) is 42.5 Å². The molecule has 0 saturated heterocycles. The van der Waals surface area contributed by atoms with Gasteiger partial charge in [-0.15, -0.1) is 0 Å². The van der Waals surface area contributed by atoms with Crippen LogP contribution in [0.5, 0.6) is 0 Å². The van der Waals surface area contributed by atoms with Gasteiger partial charge in [0.2, 0.25) is 0 Å². The molecular formula is C16H17FN2S. The normalized spacial score (nSPS) is 10.3. The molecule has 2 nitrogen and oxygen atoms in total. The van der Waals surface area contributed by atoms with E-state index >= 15 is 0 Å². The molecule has 0 aliphatic carbocycles. The molecular weight excluding hydrogens is 271 g/mol. The number of halogens is 1. The van der Waals surface area contributed by atoms with Crippen molar-refractivity contribution in [2.24, 2.45) is 5.73 Å². The Hall–Kier alpha value is -1.94. The lowest BCUT2D eigenvalue weighted by Gasteiger charge is -2.20. The van der Waals surface area contributed by atoms with Crippen LogP contribution in [-0.4, -0.2) is 12.0 Å². The second-order valence-electron chi connectivity index (χ2n) is 4.61. The van der Waals surface area contributed by atoms with E-state index in [9.17, 15) is 4.39 Å². The number of nitrogens with two attached hydrogens (primary N) is 1. The van der Waals surface area contributed by atoms with Gasteiger partial charge in [-0.25, -0.2) is 4.39 Å². The van der Waals surface area contributed by atoms with Gasteiger partial charge in [-0.2, -0.15) is 0 Å². The van der Waals surface area contributed by atoms with Gasteiger partial charge < -0.3 is 10.6 Å². The molecule has 4 heteroatoms. The van der Waals surface area contributed by atoms with Crippen molar-refractivity contribution in [1.82, 2.24) is 0 Å². The standard InChI is InChI=1S/C16H17FN2S/c1-3-11-4-7-13(8-5-11)19(2)15-9-6-12(16(18)20)10-14(15)17/h4-10H,3H2,1-2H3,(H2,18,20). The van der Waals surface area contributed by atoms with Crippen LogP contribution in [0.4, 0.5) is 15.8 Å². The molecule has 0 radical (unpaired) electrons. The van der Waals surface area contributed by atoms with Crippen molar-refractivity contribution < 1.29 is 4.39 Å². The maximum absolute atomic E-state index is 14.1. The summed E-state index contributed by atoms with van der Waals surface area (Å²) in [6.45, 7) is 2.10. The molecule has 0 fully saturated rings. The third-order valence-corrected chi connectivity index (χ3v) is 3.56. The Balaban J connectivity index is 2.32. The quantitative estimate of drug-likeness (QED) is 0.868. The van der Waals surface area contributed by atoms with Crippen LogP contribution in [-0.2, 0) is 6.42 Å². The van der Waals surface area contributed by atoms with Crippen LogP contribution in [0.2, 0.25) is 0 Å². The number of anilines is 2. The summed E-state index contributed by atoms with van der Waals surface area (Å²) in [5, 5.41) is 0. The molecule has 0 spiro atoms. The van der Waals surface area contributed by atoms with Crippen LogP contribution in [0.3, 0.4) is 0 Å². The lowest BCUT2D eigenvalue weighted by molar-refractivity contribution is 0.627. The molecule has 0 aromatic heterocycles. The SMILES string of the molecule is CCc1ccc(N(C)c2ccc(C(N)=S)cc2F)cc1. The highest BCUT2D eigenvalue weighted by Gasteiger charge is 2.11. The maximum atomic E-state index is 14.1. The van der Waals surface area contributed by atoms with Crippen molar-refractivity contribution in [3.8, 4) is 0 Å². The highest BCUT2D eigenvalue weighted by atomic mass is 32.1. The van der Waals surface area contributed by atoms with Crippen molar-refractivity contribution >= 4 is 28.6 Å². The molecule has 0 aliphatic heterocycles. The van der Waals surface area contributed by atoms with Crippen LogP contribution in [0.1, 0.15) is 18.1 Å².